The van der Waals surface area contributed by atoms with Crippen molar-refractivity contribution >= 4 is 22.6 Å². The topological polar surface area (TPSA) is 75.1 Å². The van der Waals surface area contributed by atoms with Gasteiger partial charge in [0.05, 0.1) is 17.7 Å². The van der Waals surface area contributed by atoms with E-state index in [1.54, 1.807) is 26.4 Å². The lowest BCUT2D eigenvalue weighted by atomic mass is 9.90. The van der Waals surface area contributed by atoms with Crippen LogP contribution in [0.2, 0.25) is 0 Å². The van der Waals surface area contributed by atoms with Gasteiger partial charge in [-0.25, -0.2) is 9.37 Å². The monoisotopic (exact) mass is 471 g/mol. The summed E-state index contributed by atoms with van der Waals surface area (Å²) in [5.74, 6) is -0.227. The fourth-order valence-electron chi connectivity index (χ4n) is 5.03. The molecule has 4 aliphatic rings. The van der Waals surface area contributed by atoms with Crippen molar-refractivity contribution in [2.75, 3.05) is 45.3 Å². The molecular formula is C28H27N2O5+. The molecule has 6 rings (SSSR count). The van der Waals surface area contributed by atoms with Crippen LogP contribution in [0.25, 0.3) is 33.4 Å². The number of rotatable bonds is 5. The number of ether oxygens (including phenoxy) is 2. The molecule has 7 heteroatoms. The summed E-state index contributed by atoms with van der Waals surface area (Å²) in [5, 5.41) is 11.9. The number of aromatic carboxylic acids is 1. The first kappa shape index (κ1) is 21.8. The van der Waals surface area contributed by atoms with Gasteiger partial charge in [-0.1, -0.05) is 18.2 Å². The standard InChI is InChI=1S/C28H26N2O5/c1-33-19-13-29(14-19)17-7-9-23-25(11-17)35-26-12-18(30-15-20(16-30)34-2)8-10-24(26)27(23)21-5-3-4-6-22(21)28(31)32/h3-12,19-20H,13-16H2,1-2H3/p+1. The van der Waals surface area contributed by atoms with Crippen LogP contribution >= 0.6 is 0 Å². The highest BCUT2D eigenvalue weighted by Crippen LogP contribution is 2.42. The smallest absolute Gasteiger partial charge is 0.336 e. The highest BCUT2D eigenvalue weighted by atomic mass is 16.5. The van der Waals surface area contributed by atoms with E-state index in [9.17, 15) is 9.90 Å². The second kappa shape index (κ2) is 8.52. The summed E-state index contributed by atoms with van der Waals surface area (Å²) in [4.78, 5) is 14.4. The van der Waals surface area contributed by atoms with Crippen molar-refractivity contribution < 1.29 is 23.8 Å². The maximum atomic E-state index is 12.1. The van der Waals surface area contributed by atoms with Gasteiger partial charge in [0, 0.05) is 61.6 Å². The van der Waals surface area contributed by atoms with Gasteiger partial charge in [-0.05, 0) is 29.8 Å². The van der Waals surface area contributed by atoms with E-state index in [4.69, 9.17) is 13.9 Å². The quantitative estimate of drug-likeness (QED) is 0.355. The lowest BCUT2D eigenvalue weighted by Gasteiger charge is -2.40. The molecule has 0 spiro atoms. The van der Waals surface area contributed by atoms with Crippen LogP contribution in [0.5, 0.6) is 0 Å². The van der Waals surface area contributed by atoms with E-state index in [1.165, 1.54) is 0 Å². The van der Waals surface area contributed by atoms with Gasteiger partial charge in [0.25, 0.3) is 0 Å². The Labute approximate surface area is 202 Å². The van der Waals surface area contributed by atoms with Crippen LogP contribution in [0, 0.1) is 0 Å². The normalized spacial score (nSPS) is 18.1. The van der Waals surface area contributed by atoms with Crippen LogP contribution in [0.4, 0.5) is 5.69 Å². The summed E-state index contributed by atoms with van der Waals surface area (Å²) >= 11 is 0. The molecule has 2 aromatic carbocycles. The number of nitrogens with zero attached hydrogens (tertiary/aromatic N) is 2. The number of hydrogen-bond acceptors (Lipinski definition) is 5. The molecule has 1 N–H and O–H groups in total. The van der Waals surface area contributed by atoms with Gasteiger partial charge in [0.2, 0.25) is 5.36 Å². The first-order valence-corrected chi connectivity index (χ1v) is 11.8. The number of methoxy groups -OCH3 is 2. The van der Waals surface area contributed by atoms with Gasteiger partial charge in [-0.2, -0.15) is 0 Å². The van der Waals surface area contributed by atoms with Gasteiger partial charge < -0.3 is 23.9 Å². The molecule has 35 heavy (non-hydrogen) atoms. The molecule has 0 radical (unpaired) electrons. The molecule has 178 valence electrons. The Bertz CT molecular complexity index is 1480. The van der Waals surface area contributed by atoms with Crippen molar-refractivity contribution in [3.8, 4) is 22.5 Å². The van der Waals surface area contributed by atoms with Crippen LogP contribution in [-0.4, -0.2) is 63.7 Å². The number of benzene rings is 3. The lowest BCUT2D eigenvalue weighted by Crippen LogP contribution is -2.53. The molecule has 1 aliphatic carbocycles. The molecule has 0 amide bonds. The molecule has 0 unspecified atom stereocenters. The van der Waals surface area contributed by atoms with Crippen LogP contribution in [0.1, 0.15) is 10.4 Å². The molecule has 0 bridgehead atoms. The number of carboxylic acid groups (broad SMARTS) is 1. The Morgan fingerprint density at radius 2 is 1.74 bits per heavy atom. The van der Waals surface area contributed by atoms with Gasteiger partial charge in [-0.3, -0.25) is 0 Å². The number of carbonyl (C=O) groups is 1. The van der Waals surface area contributed by atoms with Gasteiger partial charge >= 0.3 is 5.97 Å². The Morgan fingerprint density at radius 3 is 2.49 bits per heavy atom. The third-order valence-electron chi connectivity index (χ3n) is 7.21. The molecular weight excluding hydrogens is 444 g/mol. The van der Waals surface area contributed by atoms with E-state index < -0.39 is 5.97 Å². The van der Waals surface area contributed by atoms with Crippen LogP contribution in [-0.2, 0) is 9.47 Å². The van der Waals surface area contributed by atoms with Crippen molar-refractivity contribution in [1.82, 2.24) is 4.58 Å². The van der Waals surface area contributed by atoms with Gasteiger partial charge in [0.1, 0.15) is 11.3 Å². The highest BCUT2D eigenvalue weighted by molar-refractivity contribution is 6.07. The Balaban J connectivity index is 1.58. The summed E-state index contributed by atoms with van der Waals surface area (Å²) in [5.41, 5.74) is 4.49. The predicted molar refractivity (Wildman–Crippen MR) is 134 cm³/mol. The average Bonchev–Trinajstić information content (AvgIpc) is 2.81. The molecule has 2 saturated heterocycles. The first-order chi connectivity index (χ1) is 17.1. The van der Waals surface area contributed by atoms with Crippen LogP contribution in [0.15, 0.2) is 65.1 Å². The second-order valence-electron chi connectivity index (χ2n) is 9.21. The number of hydrogen-bond donors (Lipinski definition) is 1. The van der Waals surface area contributed by atoms with Crippen molar-refractivity contribution in [2.24, 2.45) is 0 Å². The molecule has 7 nitrogen and oxygen atoms in total. The average molecular weight is 472 g/mol. The second-order valence-corrected chi connectivity index (χ2v) is 9.21. The minimum absolute atomic E-state index is 0.243. The van der Waals surface area contributed by atoms with E-state index in [-0.39, 0.29) is 17.8 Å². The van der Waals surface area contributed by atoms with Crippen molar-refractivity contribution in [3.63, 3.8) is 0 Å². The van der Waals surface area contributed by atoms with Crippen molar-refractivity contribution in [3.05, 3.63) is 71.6 Å². The molecule has 3 heterocycles. The number of carboxylic acids is 1. The molecule has 0 aromatic heterocycles. The van der Waals surface area contributed by atoms with Crippen LogP contribution < -0.4 is 14.8 Å². The van der Waals surface area contributed by atoms with Gasteiger partial charge in [0.15, 0.2) is 19.2 Å². The number of fused-ring (bicyclic) bond motifs is 2. The van der Waals surface area contributed by atoms with Crippen molar-refractivity contribution in [2.45, 2.75) is 12.2 Å². The molecule has 2 aromatic rings. The van der Waals surface area contributed by atoms with Gasteiger partial charge in [-0.15, -0.1) is 0 Å². The molecule has 2 fully saturated rings. The van der Waals surface area contributed by atoms with Crippen LogP contribution in [0.3, 0.4) is 0 Å². The maximum absolute atomic E-state index is 12.1. The molecule has 0 saturated carbocycles. The van der Waals surface area contributed by atoms with E-state index >= 15 is 0 Å². The number of anilines is 1. The predicted octanol–water partition coefficient (Wildman–Crippen LogP) is 3.54. The first-order valence-electron chi connectivity index (χ1n) is 11.8. The summed E-state index contributed by atoms with van der Waals surface area (Å²) in [7, 11) is 3.47. The van der Waals surface area contributed by atoms with E-state index in [0.29, 0.717) is 5.56 Å². The SMILES string of the molecule is COC1CN(c2ccc3c(-c4ccccc4C(=O)O)c4ccc(=[N+]5CC(OC)C5)cc-4oc3c2)C1. The summed E-state index contributed by atoms with van der Waals surface area (Å²) in [6, 6.07) is 19.5. The van der Waals surface area contributed by atoms with Crippen molar-refractivity contribution in [1.29, 1.82) is 0 Å². The third kappa shape index (κ3) is 3.68. The minimum atomic E-state index is -0.951. The minimum Gasteiger partial charge on any atom is -0.478 e. The Hall–Kier alpha value is -3.68. The summed E-state index contributed by atoms with van der Waals surface area (Å²) in [6.45, 7) is 3.35. The maximum Gasteiger partial charge on any atom is 0.336 e. The Morgan fingerprint density at radius 1 is 0.971 bits per heavy atom. The largest absolute Gasteiger partial charge is 0.478 e. The lowest BCUT2D eigenvalue weighted by molar-refractivity contribution is 0.0432. The summed E-state index contributed by atoms with van der Waals surface area (Å²) in [6.07, 6.45) is 0.486. The van der Waals surface area contributed by atoms with E-state index in [0.717, 1.165) is 65.1 Å². The zero-order valence-electron chi connectivity index (χ0n) is 19.7. The highest BCUT2D eigenvalue weighted by Gasteiger charge is 2.32. The molecule has 3 aliphatic heterocycles. The zero-order chi connectivity index (χ0) is 24.1. The summed E-state index contributed by atoms with van der Waals surface area (Å²) < 4.78 is 19.6. The van der Waals surface area contributed by atoms with E-state index in [2.05, 4.69) is 21.6 Å². The zero-order valence-corrected chi connectivity index (χ0v) is 19.7. The third-order valence-corrected chi connectivity index (χ3v) is 7.21. The molecule has 0 atom stereocenters. The fourth-order valence-corrected chi connectivity index (χ4v) is 5.03. The Kier molecular flexibility index (Phi) is 5.31. The fraction of sp³-hybridized carbons (Fsp3) is 0.286. The van der Waals surface area contributed by atoms with E-state index in [1.807, 2.05) is 36.4 Å².